The van der Waals surface area contributed by atoms with E-state index in [2.05, 4.69) is 20.6 Å². The Morgan fingerprint density at radius 1 is 1.37 bits per heavy atom. The highest BCUT2D eigenvalue weighted by atomic mass is 32.2. The van der Waals surface area contributed by atoms with E-state index in [1.165, 1.54) is 16.8 Å². The van der Waals surface area contributed by atoms with E-state index in [1.54, 1.807) is 10.9 Å². The maximum atomic E-state index is 12.0. The molecule has 148 valence electrons. The van der Waals surface area contributed by atoms with Crippen LogP contribution in [0.1, 0.15) is 47.8 Å². The zero-order valence-corrected chi connectivity index (χ0v) is 16.3. The fourth-order valence-electron chi connectivity index (χ4n) is 3.02. The van der Waals surface area contributed by atoms with Crippen molar-refractivity contribution in [3.05, 3.63) is 29.7 Å². The van der Waals surface area contributed by atoms with E-state index < -0.39 is 10.0 Å². The summed E-state index contributed by atoms with van der Waals surface area (Å²) in [6, 6.07) is 0. The molecule has 0 spiro atoms. The second kappa shape index (κ2) is 8.17. The molecular weight excluding hydrogens is 372 g/mol. The van der Waals surface area contributed by atoms with Gasteiger partial charge in [0.15, 0.2) is 5.82 Å². The highest BCUT2D eigenvalue weighted by molar-refractivity contribution is 7.88. The second-order valence-electron chi connectivity index (χ2n) is 6.57. The van der Waals surface area contributed by atoms with Gasteiger partial charge in [0.1, 0.15) is 0 Å². The fraction of sp³-hybridized carbons (Fsp3) is 0.625. The SMILES string of the molecule is CCn1cc(C(=O)NCCc2nc(C3CCN(S(C)(=O)=O)CC3)no2)cn1. The fourth-order valence-corrected chi connectivity index (χ4v) is 3.89. The summed E-state index contributed by atoms with van der Waals surface area (Å²) in [7, 11) is -3.15. The number of hydrogen-bond acceptors (Lipinski definition) is 7. The number of sulfonamides is 1. The molecule has 1 amide bonds. The van der Waals surface area contributed by atoms with Crippen LogP contribution < -0.4 is 5.32 Å². The number of nitrogens with one attached hydrogen (secondary N) is 1. The minimum atomic E-state index is -3.15. The summed E-state index contributed by atoms with van der Waals surface area (Å²) < 4.78 is 31.6. The molecule has 1 N–H and O–H groups in total. The van der Waals surface area contributed by atoms with Gasteiger partial charge in [-0.2, -0.15) is 10.1 Å². The van der Waals surface area contributed by atoms with Crippen LogP contribution in [-0.2, 0) is 23.0 Å². The highest BCUT2D eigenvalue weighted by Crippen LogP contribution is 2.26. The lowest BCUT2D eigenvalue weighted by Gasteiger charge is -2.28. The van der Waals surface area contributed by atoms with Gasteiger partial charge in [-0.3, -0.25) is 9.48 Å². The number of nitrogens with zero attached hydrogens (tertiary/aromatic N) is 5. The van der Waals surface area contributed by atoms with Gasteiger partial charge >= 0.3 is 0 Å². The van der Waals surface area contributed by atoms with Crippen LogP contribution in [0, 0.1) is 0 Å². The van der Waals surface area contributed by atoms with Crippen molar-refractivity contribution < 1.29 is 17.7 Å². The Kier molecular flexibility index (Phi) is 5.90. The quantitative estimate of drug-likeness (QED) is 0.718. The summed E-state index contributed by atoms with van der Waals surface area (Å²) in [6.45, 7) is 3.97. The van der Waals surface area contributed by atoms with E-state index in [9.17, 15) is 13.2 Å². The second-order valence-corrected chi connectivity index (χ2v) is 8.56. The van der Waals surface area contributed by atoms with Gasteiger partial charge in [0.2, 0.25) is 15.9 Å². The van der Waals surface area contributed by atoms with E-state index in [1.807, 2.05) is 6.92 Å². The molecule has 0 aliphatic carbocycles. The van der Waals surface area contributed by atoms with Crippen LogP contribution in [-0.4, -0.2) is 64.4 Å². The predicted molar refractivity (Wildman–Crippen MR) is 96.6 cm³/mol. The molecular formula is C16H24N6O4S. The summed E-state index contributed by atoms with van der Waals surface area (Å²) in [5, 5.41) is 10.9. The molecule has 1 aliphatic rings. The molecule has 0 bridgehead atoms. The molecule has 1 saturated heterocycles. The van der Waals surface area contributed by atoms with Crippen molar-refractivity contribution >= 4 is 15.9 Å². The van der Waals surface area contributed by atoms with Crippen LogP contribution in [0.25, 0.3) is 0 Å². The minimum Gasteiger partial charge on any atom is -0.351 e. The lowest BCUT2D eigenvalue weighted by Crippen LogP contribution is -2.37. The van der Waals surface area contributed by atoms with Gasteiger partial charge in [-0.1, -0.05) is 5.16 Å². The zero-order valence-electron chi connectivity index (χ0n) is 15.5. The maximum absolute atomic E-state index is 12.0. The number of hydrogen-bond donors (Lipinski definition) is 1. The summed E-state index contributed by atoms with van der Waals surface area (Å²) in [5.74, 6) is 0.964. The molecule has 2 aromatic heterocycles. The molecule has 0 radical (unpaired) electrons. The lowest BCUT2D eigenvalue weighted by atomic mass is 9.97. The Morgan fingerprint density at radius 2 is 2.11 bits per heavy atom. The Balaban J connectivity index is 1.46. The Morgan fingerprint density at radius 3 is 2.74 bits per heavy atom. The van der Waals surface area contributed by atoms with Crippen molar-refractivity contribution in [2.75, 3.05) is 25.9 Å². The summed E-state index contributed by atoms with van der Waals surface area (Å²) >= 11 is 0. The maximum Gasteiger partial charge on any atom is 0.254 e. The number of aromatic nitrogens is 4. The molecule has 11 heteroatoms. The number of amides is 1. The number of rotatable bonds is 7. The minimum absolute atomic E-state index is 0.0926. The van der Waals surface area contributed by atoms with E-state index in [0.717, 1.165) is 0 Å². The molecule has 3 heterocycles. The Bertz CT molecular complexity index is 882. The van der Waals surface area contributed by atoms with Crippen molar-refractivity contribution in [1.29, 1.82) is 0 Å². The summed E-state index contributed by atoms with van der Waals surface area (Å²) in [6.07, 6.45) is 6.23. The number of aryl methyl sites for hydroxylation is 1. The first-order chi connectivity index (χ1) is 12.9. The molecule has 0 atom stereocenters. The molecule has 1 aliphatic heterocycles. The monoisotopic (exact) mass is 396 g/mol. The third kappa shape index (κ3) is 4.92. The molecule has 0 unspecified atom stereocenters. The summed E-state index contributed by atoms with van der Waals surface area (Å²) in [5.41, 5.74) is 0.515. The third-order valence-electron chi connectivity index (χ3n) is 4.62. The van der Waals surface area contributed by atoms with Gasteiger partial charge in [0.25, 0.3) is 5.91 Å². The van der Waals surface area contributed by atoms with Crippen molar-refractivity contribution in [3.63, 3.8) is 0 Å². The van der Waals surface area contributed by atoms with Crippen LogP contribution >= 0.6 is 0 Å². The van der Waals surface area contributed by atoms with Gasteiger partial charge < -0.3 is 9.84 Å². The number of carbonyl (C=O) groups excluding carboxylic acids is 1. The smallest absolute Gasteiger partial charge is 0.254 e. The van der Waals surface area contributed by atoms with E-state index in [-0.39, 0.29) is 11.8 Å². The molecule has 1 fully saturated rings. The molecule has 3 rings (SSSR count). The van der Waals surface area contributed by atoms with Gasteiger partial charge in [-0.15, -0.1) is 0 Å². The van der Waals surface area contributed by atoms with Crippen molar-refractivity contribution in [3.8, 4) is 0 Å². The van der Waals surface area contributed by atoms with Crippen LogP contribution in [0.3, 0.4) is 0 Å². The van der Waals surface area contributed by atoms with Crippen LogP contribution in [0.15, 0.2) is 16.9 Å². The first-order valence-corrected chi connectivity index (χ1v) is 10.8. The van der Waals surface area contributed by atoms with Crippen molar-refractivity contribution in [2.24, 2.45) is 0 Å². The largest absolute Gasteiger partial charge is 0.351 e. The van der Waals surface area contributed by atoms with Gasteiger partial charge in [-0.25, -0.2) is 12.7 Å². The first kappa shape index (κ1) is 19.5. The average molecular weight is 396 g/mol. The van der Waals surface area contributed by atoms with E-state index in [4.69, 9.17) is 4.52 Å². The van der Waals surface area contributed by atoms with Gasteiger partial charge in [-0.05, 0) is 19.8 Å². The molecule has 0 aromatic carbocycles. The van der Waals surface area contributed by atoms with Gasteiger partial charge in [0.05, 0.1) is 18.0 Å². The topological polar surface area (TPSA) is 123 Å². The lowest BCUT2D eigenvalue weighted by molar-refractivity contribution is 0.0953. The molecule has 0 saturated carbocycles. The standard InChI is InChI=1S/C16H24N6O4S/c1-3-21-11-13(10-18-21)16(23)17-7-4-14-19-15(20-26-14)12-5-8-22(9-6-12)27(2,24)25/h10-12H,3-9H2,1-2H3,(H,17,23). The third-order valence-corrected chi connectivity index (χ3v) is 5.92. The molecule has 10 nitrogen and oxygen atoms in total. The normalized spacial score (nSPS) is 16.5. The first-order valence-electron chi connectivity index (χ1n) is 8.95. The molecule has 2 aromatic rings. The van der Waals surface area contributed by atoms with Gasteiger partial charge in [0, 0.05) is 44.7 Å². The van der Waals surface area contributed by atoms with E-state index in [0.29, 0.717) is 62.7 Å². The van der Waals surface area contributed by atoms with Crippen LogP contribution in [0.5, 0.6) is 0 Å². The Hall–Kier alpha value is -2.27. The number of piperidine rings is 1. The Labute approximate surface area is 158 Å². The van der Waals surface area contributed by atoms with Crippen LogP contribution in [0.2, 0.25) is 0 Å². The predicted octanol–water partition coefficient (Wildman–Crippen LogP) is 0.398. The zero-order chi connectivity index (χ0) is 19.4. The number of carbonyl (C=O) groups is 1. The van der Waals surface area contributed by atoms with Crippen molar-refractivity contribution in [2.45, 2.75) is 38.6 Å². The highest BCUT2D eigenvalue weighted by Gasteiger charge is 2.28. The van der Waals surface area contributed by atoms with E-state index >= 15 is 0 Å². The molecule has 27 heavy (non-hydrogen) atoms. The van der Waals surface area contributed by atoms with Crippen LogP contribution in [0.4, 0.5) is 0 Å². The average Bonchev–Trinajstić information content (AvgIpc) is 3.30. The summed E-state index contributed by atoms with van der Waals surface area (Å²) in [4.78, 5) is 16.4. The van der Waals surface area contributed by atoms with Crippen molar-refractivity contribution in [1.82, 2.24) is 29.5 Å².